The Bertz CT molecular complexity index is 1780. The molecule has 1 aliphatic rings. The summed E-state index contributed by atoms with van der Waals surface area (Å²) in [7, 11) is -0.384. The zero-order chi connectivity index (χ0) is 31.4. The highest BCUT2D eigenvalue weighted by Crippen LogP contribution is 2.38. The first-order valence-electron chi connectivity index (χ1n) is 15.9. The Hall–Kier alpha value is -3.80. The van der Waals surface area contributed by atoms with Crippen LogP contribution >= 0.6 is 0 Å². The molecular weight excluding hydrogens is 527 g/mol. The van der Waals surface area contributed by atoms with Gasteiger partial charge in [-0.3, -0.25) is 0 Å². The summed E-state index contributed by atoms with van der Waals surface area (Å²) in [6.45, 7) is 20.4. The zero-order valence-corrected chi connectivity index (χ0v) is 27.6. The second-order valence-corrected chi connectivity index (χ2v) is 11.0. The molecular formula is C38H47BN2O2. The van der Waals surface area contributed by atoms with E-state index in [4.69, 9.17) is 9.31 Å². The molecule has 0 aliphatic carbocycles. The predicted octanol–water partition coefficient (Wildman–Crippen LogP) is 10.1. The Morgan fingerprint density at radius 1 is 0.535 bits per heavy atom. The summed E-state index contributed by atoms with van der Waals surface area (Å²) in [5, 5.41) is 3.63. The van der Waals surface area contributed by atoms with Crippen molar-refractivity contribution in [1.29, 1.82) is 0 Å². The highest BCUT2D eigenvalue weighted by atomic mass is 16.7. The van der Waals surface area contributed by atoms with E-state index in [1.54, 1.807) is 0 Å². The van der Waals surface area contributed by atoms with Gasteiger partial charge in [-0.2, -0.15) is 0 Å². The van der Waals surface area contributed by atoms with Gasteiger partial charge in [0.25, 0.3) is 0 Å². The number of fused-ring (bicyclic) bond motifs is 4. The van der Waals surface area contributed by atoms with Crippen LogP contribution in [0.1, 0.15) is 69.2 Å². The molecule has 1 aliphatic heterocycles. The van der Waals surface area contributed by atoms with Crippen LogP contribution < -0.4 is 5.46 Å². The molecule has 7 rings (SSSR count). The van der Waals surface area contributed by atoms with Crippen molar-refractivity contribution >= 4 is 45.3 Å². The van der Waals surface area contributed by atoms with Gasteiger partial charge in [0.15, 0.2) is 0 Å². The Morgan fingerprint density at radius 2 is 1.12 bits per heavy atom. The van der Waals surface area contributed by atoms with Gasteiger partial charge in [-0.15, -0.1) is 0 Å². The molecule has 3 heterocycles. The lowest BCUT2D eigenvalue weighted by atomic mass is 9.78. The van der Waals surface area contributed by atoms with Gasteiger partial charge in [0.1, 0.15) is 0 Å². The van der Waals surface area contributed by atoms with E-state index < -0.39 is 0 Å². The summed E-state index contributed by atoms with van der Waals surface area (Å²) in [5.41, 5.74) is 6.17. The quantitative estimate of drug-likeness (QED) is 0.197. The van der Waals surface area contributed by atoms with Crippen LogP contribution in [0.4, 0.5) is 0 Å². The molecule has 224 valence electrons. The molecule has 0 saturated carbocycles. The molecule has 6 aromatic rings. The Morgan fingerprint density at radius 3 is 1.79 bits per heavy atom. The molecule has 1 saturated heterocycles. The first kappa shape index (κ1) is 32.1. The Labute approximate surface area is 258 Å². The van der Waals surface area contributed by atoms with Crippen molar-refractivity contribution in [3.8, 4) is 11.4 Å². The average molecular weight is 575 g/mol. The molecule has 0 amide bonds. The third-order valence-electron chi connectivity index (χ3n) is 8.19. The van der Waals surface area contributed by atoms with E-state index >= 15 is 0 Å². The second kappa shape index (κ2) is 13.2. The molecule has 0 bridgehead atoms. The fourth-order valence-corrected chi connectivity index (χ4v) is 5.48. The lowest BCUT2D eigenvalue weighted by Crippen LogP contribution is -2.41. The second-order valence-electron chi connectivity index (χ2n) is 11.0. The number of rotatable bonds is 3. The van der Waals surface area contributed by atoms with Crippen LogP contribution in [0.15, 0.2) is 103 Å². The van der Waals surface area contributed by atoms with Crippen molar-refractivity contribution in [2.45, 2.75) is 80.4 Å². The molecule has 2 aromatic heterocycles. The maximum absolute atomic E-state index is 6.36. The summed E-state index contributed by atoms with van der Waals surface area (Å²) in [5.74, 6) is 0. The predicted molar refractivity (Wildman–Crippen MR) is 187 cm³/mol. The first-order chi connectivity index (χ1) is 20.8. The largest absolute Gasteiger partial charge is 0.494 e. The summed E-state index contributed by atoms with van der Waals surface area (Å²) >= 11 is 0. The van der Waals surface area contributed by atoms with Gasteiger partial charge in [-0.1, -0.05) is 90.1 Å². The third-order valence-corrected chi connectivity index (χ3v) is 8.19. The summed E-state index contributed by atoms with van der Waals surface area (Å²) in [6, 6.07) is 34.6. The fourth-order valence-electron chi connectivity index (χ4n) is 5.48. The van der Waals surface area contributed by atoms with Gasteiger partial charge < -0.3 is 18.4 Å². The van der Waals surface area contributed by atoms with E-state index in [0.29, 0.717) is 0 Å². The first-order valence-corrected chi connectivity index (χ1v) is 15.9. The summed E-state index contributed by atoms with van der Waals surface area (Å²) < 4.78 is 17.3. The van der Waals surface area contributed by atoms with Crippen molar-refractivity contribution < 1.29 is 9.31 Å². The maximum atomic E-state index is 6.36. The summed E-state index contributed by atoms with van der Waals surface area (Å²) in [6.07, 6.45) is 2.15. The number of hydrogen-bond donors (Lipinski definition) is 0. The summed E-state index contributed by atoms with van der Waals surface area (Å²) in [4.78, 5) is 0. The van der Waals surface area contributed by atoms with Crippen molar-refractivity contribution in [3.05, 3.63) is 103 Å². The number of hydrogen-bond acceptors (Lipinski definition) is 2. The van der Waals surface area contributed by atoms with Crippen LogP contribution in [0.3, 0.4) is 0 Å². The Kier molecular flexibility index (Phi) is 9.89. The lowest BCUT2D eigenvalue weighted by molar-refractivity contribution is 0.00578. The van der Waals surface area contributed by atoms with Crippen molar-refractivity contribution in [2.75, 3.05) is 0 Å². The molecule has 0 spiro atoms. The highest BCUT2D eigenvalue weighted by molar-refractivity contribution is 6.62. The average Bonchev–Trinajstić information content (AvgIpc) is 3.68. The van der Waals surface area contributed by atoms with Crippen molar-refractivity contribution in [1.82, 2.24) is 9.13 Å². The van der Waals surface area contributed by atoms with Gasteiger partial charge in [0.2, 0.25) is 0 Å². The minimum atomic E-state index is -0.384. The van der Waals surface area contributed by atoms with Crippen LogP contribution in [-0.2, 0) is 9.31 Å². The molecule has 43 heavy (non-hydrogen) atoms. The van der Waals surface area contributed by atoms with E-state index in [-0.39, 0.29) is 18.3 Å². The van der Waals surface area contributed by atoms with E-state index in [0.717, 1.165) is 16.8 Å². The number of benzene rings is 4. The van der Waals surface area contributed by atoms with Crippen LogP contribution in [0, 0.1) is 0 Å². The van der Waals surface area contributed by atoms with Crippen LogP contribution in [0.2, 0.25) is 0 Å². The van der Waals surface area contributed by atoms with Crippen LogP contribution in [-0.4, -0.2) is 27.5 Å². The topological polar surface area (TPSA) is 28.3 Å². The normalized spacial score (nSPS) is 14.9. The SMILES string of the molecule is CC.CC.CC.CC1(C)OB(c2ccc3c(c2)c2ccccc2n3-c2ccc3c(ccn3-c3ccccc3)c2)OC1(C)C. The number of para-hydroxylation sites is 2. The van der Waals surface area contributed by atoms with E-state index in [9.17, 15) is 0 Å². The van der Waals surface area contributed by atoms with Gasteiger partial charge in [-0.05, 0) is 81.7 Å². The minimum Gasteiger partial charge on any atom is -0.399 e. The van der Waals surface area contributed by atoms with Crippen molar-refractivity contribution in [3.63, 3.8) is 0 Å². The van der Waals surface area contributed by atoms with Crippen molar-refractivity contribution in [2.24, 2.45) is 0 Å². The van der Waals surface area contributed by atoms with E-state index in [2.05, 4.69) is 134 Å². The van der Waals surface area contributed by atoms with Crippen LogP contribution in [0.25, 0.3) is 44.1 Å². The monoisotopic (exact) mass is 574 g/mol. The van der Waals surface area contributed by atoms with Crippen LogP contribution in [0.5, 0.6) is 0 Å². The van der Waals surface area contributed by atoms with E-state index in [1.165, 1.54) is 32.7 Å². The lowest BCUT2D eigenvalue weighted by Gasteiger charge is -2.32. The smallest absolute Gasteiger partial charge is 0.399 e. The zero-order valence-electron chi connectivity index (χ0n) is 27.6. The molecule has 0 N–H and O–H groups in total. The standard InChI is InChI=1S/C32H29BN2O2.3C2H6/c1-31(2)32(3,4)37-33(36-31)23-14-16-30-27(21-23)26-12-8-9-13-29(26)35(30)25-15-17-28-22(20-25)18-19-34(28)24-10-6-5-7-11-24;3*1-2/h5-21H,1-4H3;3*1-2H3. The highest BCUT2D eigenvalue weighted by Gasteiger charge is 2.51. The van der Waals surface area contributed by atoms with Gasteiger partial charge in [-0.25, -0.2) is 0 Å². The third kappa shape index (κ3) is 5.76. The molecule has 4 nitrogen and oxygen atoms in total. The molecule has 5 heteroatoms. The maximum Gasteiger partial charge on any atom is 0.494 e. The number of nitrogens with zero attached hydrogens (tertiary/aromatic N) is 2. The Balaban J connectivity index is 0.000000666. The minimum absolute atomic E-state index is 0.369. The van der Waals surface area contributed by atoms with E-state index in [1.807, 2.05) is 47.6 Å². The number of aromatic nitrogens is 2. The molecule has 4 aromatic carbocycles. The molecule has 0 atom stereocenters. The molecule has 0 radical (unpaired) electrons. The van der Waals surface area contributed by atoms with Gasteiger partial charge in [0.05, 0.1) is 27.8 Å². The van der Waals surface area contributed by atoms with Gasteiger partial charge in [0, 0.05) is 33.7 Å². The molecule has 0 unspecified atom stereocenters. The van der Waals surface area contributed by atoms with Gasteiger partial charge >= 0.3 is 7.12 Å². The molecule has 1 fully saturated rings. The fraction of sp³-hybridized carbons (Fsp3) is 0.316.